The first-order valence-electron chi connectivity index (χ1n) is 9.38. The molecular weight excluding hydrogens is 464 g/mol. The maximum atomic E-state index is 14.1. The van der Waals surface area contributed by atoms with Crippen molar-refractivity contribution in [2.45, 2.75) is 74.4 Å². The normalized spacial score (nSPS) is 13.7. The van der Waals surface area contributed by atoms with E-state index in [-0.39, 0.29) is 22.8 Å². The summed E-state index contributed by atoms with van der Waals surface area (Å²) >= 11 is -0.256. The number of halogens is 4. The Balaban J connectivity index is 2.57. The second-order valence-electron chi connectivity index (χ2n) is 8.21. The Morgan fingerprint density at radius 2 is 1.50 bits per heavy atom. The highest BCUT2D eigenvalue weighted by atomic mass is 32.2. The van der Waals surface area contributed by atoms with E-state index in [1.165, 1.54) is 0 Å². The van der Waals surface area contributed by atoms with Crippen molar-refractivity contribution in [1.29, 1.82) is 0 Å². The van der Waals surface area contributed by atoms with Gasteiger partial charge in [-0.15, -0.1) is 4.33 Å². The van der Waals surface area contributed by atoms with Crippen molar-refractivity contribution in [3.05, 3.63) is 23.3 Å². The van der Waals surface area contributed by atoms with Gasteiger partial charge in [-0.25, -0.2) is 22.8 Å². The fraction of sp³-hybridized carbons (Fsp3) is 0.667. The summed E-state index contributed by atoms with van der Waals surface area (Å²) in [4.78, 5) is -2.35. The molecule has 0 saturated carbocycles. The quantitative estimate of drug-likeness (QED) is 0.0697. The Labute approximate surface area is 182 Å². The fourth-order valence-electron chi connectivity index (χ4n) is 2.25. The Hall–Kier alpha value is -0.503. The van der Waals surface area contributed by atoms with Gasteiger partial charge in [0.2, 0.25) is 0 Å². The van der Waals surface area contributed by atoms with Crippen molar-refractivity contribution in [2.24, 2.45) is 0 Å². The van der Waals surface area contributed by atoms with Gasteiger partial charge in [-0.3, -0.25) is 4.21 Å². The third-order valence-electron chi connectivity index (χ3n) is 5.05. The van der Waals surface area contributed by atoms with Crippen molar-refractivity contribution < 1.29 is 40.8 Å². The first-order valence-corrected chi connectivity index (χ1v) is 14.3. The highest BCUT2D eigenvalue weighted by Crippen LogP contribution is 2.36. The molecule has 0 saturated heterocycles. The third kappa shape index (κ3) is 7.28. The van der Waals surface area contributed by atoms with Gasteiger partial charge in [0.05, 0.1) is 22.8 Å². The predicted octanol–water partition coefficient (Wildman–Crippen LogP) is 6.36. The molecule has 5 nitrogen and oxygen atoms in total. The van der Waals surface area contributed by atoms with Crippen LogP contribution in [0, 0.1) is 23.3 Å². The van der Waals surface area contributed by atoms with Crippen molar-refractivity contribution in [1.82, 2.24) is 0 Å². The van der Waals surface area contributed by atoms with Crippen LogP contribution in [-0.2, 0) is 24.6 Å². The van der Waals surface area contributed by atoms with Crippen molar-refractivity contribution in [3.8, 4) is 0 Å². The number of rotatable bonds is 12. The molecule has 0 aromatic heterocycles. The van der Waals surface area contributed by atoms with E-state index in [1.54, 1.807) is 0 Å². The van der Waals surface area contributed by atoms with Gasteiger partial charge in [0, 0.05) is 12.4 Å². The highest BCUT2D eigenvalue weighted by molar-refractivity contribution is 7.94. The van der Waals surface area contributed by atoms with Crippen LogP contribution in [0.25, 0.3) is 0 Å². The number of hydrogen-bond donors (Lipinski definition) is 1. The number of benzene rings is 1. The molecule has 30 heavy (non-hydrogen) atoms. The lowest BCUT2D eigenvalue weighted by Crippen LogP contribution is -2.40. The van der Waals surface area contributed by atoms with Crippen LogP contribution in [0.3, 0.4) is 0 Å². The lowest BCUT2D eigenvalue weighted by Gasteiger charge is -2.36. The average Bonchev–Trinajstić information content (AvgIpc) is 2.65. The molecule has 1 N–H and O–H groups in total. The van der Waals surface area contributed by atoms with E-state index < -0.39 is 52.2 Å². The third-order valence-corrected chi connectivity index (χ3v) is 11.7. The van der Waals surface area contributed by atoms with Crippen LogP contribution in [0.2, 0.25) is 18.1 Å². The Bertz CT molecular complexity index is 715. The Kier molecular flexibility index (Phi) is 10.9. The van der Waals surface area contributed by atoms with Crippen LogP contribution < -0.4 is 0 Å². The van der Waals surface area contributed by atoms with Gasteiger partial charge in [-0.2, -0.15) is 0 Å². The van der Waals surface area contributed by atoms with E-state index in [4.69, 9.17) is 9.68 Å². The first kappa shape index (κ1) is 27.5. The van der Waals surface area contributed by atoms with E-state index in [1.807, 2.05) is 0 Å². The van der Waals surface area contributed by atoms with Crippen LogP contribution in [0.1, 0.15) is 46.5 Å². The van der Waals surface area contributed by atoms with Crippen LogP contribution in [0.5, 0.6) is 0 Å². The average molecular weight is 493 g/mol. The lowest BCUT2D eigenvalue weighted by molar-refractivity contribution is -0.432. The topological polar surface area (TPSA) is 65.0 Å². The minimum atomic E-state index is -2.26. The minimum absolute atomic E-state index is 0.119. The summed E-state index contributed by atoms with van der Waals surface area (Å²) in [5.41, 5.74) is 0. The molecule has 1 aromatic carbocycles. The monoisotopic (exact) mass is 492 g/mol. The van der Waals surface area contributed by atoms with Crippen molar-refractivity contribution in [2.75, 3.05) is 12.4 Å². The molecule has 0 bridgehead atoms. The summed E-state index contributed by atoms with van der Waals surface area (Å²) in [5, 5.41) is 11.3. The Morgan fingerprint density at radius 1 is 0.967 bits per heavy atom. The van der Waals surface area contributed by atoms with Crippen LogP contribution in [0.15, 0.2) is 9.79 Å². The number of hydrogen-bond acceptors (Lipinski definition) is 6. The SMILES string of the molecule is CC(C)(C)[Si](C)(C)OCCCCCCS(=O)c1c(F)c(F)c(SOOO)c(F)c1F. The van der Waals surface area contributed by atoms with Gasteiger partial charge >= 0.3 is 0 Å². The summed E-state index contributed by atoms with van der Waals surface area (Å²) in [5.74, 6) is -7.22. The van der Waals surface area contributed by atoms with E-state index in [0.29, 0.717) is 19.4 Å². The molecule has 1 rings (SSSR count). The van der Waals surface area contributed by atoms with E-state index >= 15 is 0 Å². The van der Waals surface area contributed by atoms with Gasteiger partial charge in [-0.1, -0.05) is 38.7 Å². The number of unbranched alkanes of at least 4 members (excludes halogenated alkanes) is 3. The molecular formula is C18H28F4O5S2Si. The maximum Gasteiger partial charge on any atom is 0.191 e. The molecule has 174 valence electrons. The molecule has 1 aromatic rings. The summed E-state index contributed by atoms with van der Waals surface area (Å²) in [6, 6.07) is 0. The molecule has 1 unspecified atom stereocenters. The van der Waals surface area contributed by atoms with Gasteiger partial charge in [0.15, 0.2) is 31.6 Å². The zero-order chi connectivity index (χ0) is 23.1. The highest BCUT2D eigenvalue weighted by Gasteiger charge is 2.36. The zero-order valence-corrected chi connectivity index (χ0v) is 20.3. The molecule has 0 aliphatic rings. The van der Waals surface area contributed by atoms with Gasteiger partial charge < -0.3 is 4.43 Å². The van der Waals surface area contributed by atoms with Crippen LogP contribution in [0.4, 0.5) is 17.6 Å². The standard InChI is InChI=1S/C18H28F4O5S2Si/c1-18(2,3)30(4,5)25-10-8-6-7-9-11-29(24)17-14(21)12(19)16(28-27-26-23)13(20)15(17)22/h23H,6-11H2,1-5H3. The van der Waals surface area contributed by atoms with Gasteiger partial charge in [0.1, 0.15) is 9.79 Å². The second-order valence-corrected chi connectivity index (χ2v) is 15.2. The van der Waals surface area contributed by atoms with Gasteiger partial charge in [-0.05, 0) is 31.0 Å². The summed E-state index contributed by atoms with van der Waals surface area (Å²) in [7, 11) is -4.07. The Morgan fingerprint density at radius 3 is 2.00 bits per heavy atom. The summed E-state index contributed by atoms with van der Waals surface area (Å²) in [6.45, 7) is 11.4. The smallest absolute Gasteiger partial charge is 0.191 e. The van der Waals surface area contributed by atoms with Gasteiger partial charge in [0.25, 0.3) is 0 Å². The minimum Gasteiger partial charge on any atom is -0.417 e. The first-order chi connectivity index (χ1) is 13.8. The van der Waals surface area contributed by atoms with E-state index in [0.717, 1.165) is 12.8 Å². The molecule has 0 fully saturated rings. The summed E-state index contributed by atoms with van der Waals surface area (Å²) < 4.78 is 78.2. The van der Waals surface area contributed by atoms with Crippen LogP contribution in [-0.4, -0.2) is 30.1 Å². The molecule has 12 heteroatoms. The largest absolute Gasteiger partial charge is 0.417 e. The molecule has 0 radical (unpaired) electrons. The lowest BCUT2D eigenvalue weighted by atomic mass is 10.2. The molecule has 0 amide bonds. The second kappa shape index (κ2) is 11.9. The fourth-order valence-corrected chi connectivity index (χ4v) is 5.01. The summed E-state index contributed by atoms with van der Waals surface area (Å²) in [6.07, 6.45) is 2.57. The maximum absolute atomic E-state index is 14.1. The molecule has 0 spiro atoms. The molecule has 0 aliphatic heterocycles. The zero-order valence-electron chi connectivity index (χ0n) is 17.7. The van der Waals surface area contributed by atoms with Crippen molar-refractivity contribution in [3.63, 3.8) is 0 Å². The van der Waals surface area contributed by atoms with E-state index in [2.05, 4.69) is 43.2 Å². The molecule has 1 atom stereocenters. The molecule has 0 aliphatic carbocycles. The van der Waals surface area contributed by atoms with Crippen molar-refractivity contribution >= 4 is 31.2 Å². The predicted molar refractivity (Wildman–Crippen MR) is 110 cm³/mol. The van der Waals surface area contributed by atoms with Crippen LogP contribution >= 0.6 is 12.0 Å². The molecule has 0 heterocycles. The van der Waals surface area contributed by atoms with E-state index in [9.17, 15) is 21.8 Å².